The van der Waals surface area contributed by atoms with E-state index in [-0.39, 0.29) is 11.3 Å². The van der Waals surface area contributed by atoms with E-state index < -0.39 is 0 Å². The lowest BCUT2D eigenvalue weighted by atomic mass is 10.3. The Morgan fingerprint density at radius 2 is 2.30 bits per heavy atom. The molecule has 0 radical (unpaired) electrons. The van der Waals surface area contributed by atoms with Crippen molar-refractivity contribution in [2.24, 2.45) is 0 Å². The number of nitrogens with zero attached hydrogens (tertiary/aromatic N) is 2. The second kappa shape index (κ2) is 6.76. The maximum Gasteiger partial charge on any atom is 0.221 e. The van der Waals surface area contributed by atoms with Crippen LogP contribution < -0.4 is 5.32 Å². The Labute approximate surface area is 137 Å². The van der Waals surface area contributed by atoms with Crippen LogP contribution in [0.3, 0.4) is 0 Å². The number of carbonyl (C=O) groups is 1. The topological polar surface area (TPSA) is 46.9 Å². The van der Waals surface area contributed by atoms with Crippen molar-refractivity contribution in [3.8, 4) is 0 Å². The zero-order chi connectivity index (χ0) is 14.7. The van der Waals surface area contributed by atoms with E-state index in [0.29, 0.717) is 19.5 Å². The van der Waals surface area contributed by atoms with Crippen molar-refractivity contribution >= 4 is 51.1 Å². The first-order valence-electron chi connectivity index (χ1n) is 6.59. The zero-order valence-corrected chi connectivity index (χ0v) is 14.4. The highest BCUT2D eigenvalue weighted by Crippen LogP contribution is 2.26. The van der Waals surface area contributed by atoms with E-state index in [4.69, 9.17) is 11.6 Å². The molecule has 0 aliphatic rings. The van der Waals surface area contributed by atoms with Gasteiger partial charge in [-0.2, -0.15) is 0 Å². The number of amides is 1. The van der Waals surface area contributed by atoms with Crippen molar-refractivity contribution in [1.29, 1.82) is 0 Å². The van der Waals surface area contributed by atoms with Crippen LogP contribution in [0.4, 0.5) is 0 Å². The summed E-state index contributed by atoms with van der Waals surface area (Å²) < 4.78 is 3.18. The Balaban J connectivity index is 2.34. The Kier molecular flexibility index (Phi) is 5.26. The maximum atomic E-state index is 11.6. The molecule has 1 amide bonds. The lowest BCUT2D eigenvalue weighted by molar-refractivity contribution is -0.121. The molecule has 1 heterocycles. The van der Waals surface area contributed by atoms with Gasteiger partial charge in [0.15, 0.2) is 0 Å². The Bertz CT molecular complexity index is 624. The number of halogens is 2. The van der Waals surface area contributed by atoms with Gasteiger partial charge in [-0.05, 0) is 54.6 Å². The molecule has 1 aromatic carbocycles. The predicted molar refractivity (Wildman–Crippen MR) is 90.0 cm³/mol. The summed E-state index contributed by atoms with van der Waals surface area (Å²) in [6, 6.07) is 6.10. The van der Waals surface area contributed by atoms with E-state index in [1.165, 1.54) is 0 Å². The van der Waals surface area contributed by atoms with Crippen molar-refractivity contribution in [2.45, 2.75) is 32.2 Å². The molecule has 6 heteroatoms. The molecule has 20 heavy (non-hydrogen) atoms. The fraction of sp³-hybridized carbons (Fsp3) is 0.429. The van der Waals surface area contributed by atoms with Gasteiger partial charge in [-0.3, -0.25) is 4.79 Å². The van der Waals surface area contributed by atoms with Crippen LogP contribution in [0.15, 0.2) is 18.2 Å². The average Bonchev–Trinajstić information content (AvgIpc) is 2.74. The van der Waals surface area contributed by atoms with Gasteiger partial charge in [0.25, 0.3) is 0 Å². The number of imidazole rings is 1. The fourth-order valence-corrected chi connectivity index (χ4v) is 2.80. The monoisotopic (exact) mass is 405 g/mol. The molecular formula is C14H17ClIN3O. The molecule has 0 bridgehead atoms. The van der Waals surface area contributed by atoms with Crippen LogP contribution in [0.1, 0.15) is 31.5 Å². The molecule has 108 valence electrons. The lowest BCUT2D eigenvalue weighted by Gasteiger charge is -2.10. The summed E-state index contributed by atoms with van der Waals surface area (Å²) in [5.41, 5.74) is 1.95. The van der Waals surface area contributed by atoms with Crippen LogP contribution in [-0.4, -0.2) is 22.0 Å². The third-order valence-corrected chi connectivity index (χ3v) is 3.90. The van der Waals surface area contributed by atoms with E-state index in [0.717, 1.165) is 20.4 Å². The van der Waals surface area contributed by atoms with Crippen LogP contribution in [0.25, 0.3) is 11.0 Å². The zero-order valence-electron chi connectivity index (χ0n) is 11.5. The quantitative estimate of drug-likeness (QED) is 0.612. The molecule has 0 saturated carbocycles. The van der Waals surface area contributed by atoms with Gasteiger partial charge in [-0.1, -0.05) is 0 Å². The molecule has 0 spiro atoms. The SMILES string of the molecule is CCNC(=O)CCn1c(C(C)Cl)nc2cc(I)ccc21. The van der Waals surface area contributed by atoms with Gasteiger partial charge in [0.05, 0.1) is 16.4 Å². The normalized spacial score (nSPS) is 12.6. The third-order valence-electron chi connectivity index (χ3n) is 3.03. The molecule has 0 aliphatic heterocycles. The van der Waals surface area contributed by atoms with Crippen molar-refractivity contribution in [1.82, 2.24) is 14.9 Å². The van der Waals surface area contributed by atoms with Gasteiger partial charge in [-0.15, -0.1) is 11.6 Å². The number of hydrogen-bond acceptors (Lipinski definition) is 2. The minimum absolute atomic E-state index is 0.0491. The summed E-state index contributed by atoms with van der Waals surface area (Å²) in [5, 5.41) is 2.62. The first kappa shape index (κ1) is 15.6. The van der Waals surface area contributed by atoms with Crippen molar-refractivity contribution in [3.05, 3.63) is 27.6 Å². The van der Waals surface area contributed by atoms with Crippen LogP contribution in [-0.2, 0) is 11.3 Å². The van der Waals surface area contributed by atoms with Crippen LogP contribution >= 0.6 is 34.2 Å². The molecule has 0 fully saturated rings. The number of fused-ring (bicyclic) bond motifs is 1. The Morgan fingerprint density at radius 3 is 2.95 bits per heavy atom. The van der Waals surface area contributed by atoms with Gasteiger partial charge in [0.2, 0.25) is 5.91 Å². The molecule has 0 saturated heterocycles. The number of rotatable bonds is 5. The number of hydrogen-bond donors (Lipinski definition) is 1. The van der Waals surface area contributed by atoms with E-state index in [1.807, 2.05) is 36.6 Å². The second-order valence-electron chi connectivity index (χ2n) is 4.57. The summed E-state index contributed by atoms with van der Waals surface area (Å²) in [4.78, 5) is 16.2. The highest BCUT2D eigenvalue weighted by molar-refractivity contribution is 14.1. The summed E-state index contributed by atoms with van der Waals surface area (Å²) in [6.07, 6.45) is 0.432. The van der Waals surface area contributed by atoms with Crippen LogP contribution in [0.5, 0.6) is 0 Å². The predicted octanol–water partition coefficient (Wildman–Crippen LogP) is 3.47. The standard InChI is InChI=1S/C14H17ClIN3O/c1-3-17-13(20)6-7-19-12-5-4-10(16)8-11(12)18-14(19)9(2)15/h4-5,8-9H,3,6-7H2,1-2H3,(H,17,20). The van der Waals surface area contributed by atoms with Crippen molar-refractivity contribution < 1.29 is 4.79 Å². The number of benzene rings is 1. The molecule has 1 atom stereocenters. The average molecular weight is 406 g/mol. The third kappa shape index (κ3) is 3.44. The first-order valence-corrected chi connectivity index (χ1v) is 8.11. The summed E-state index contributed by atoms with van der Waals surface area (Å²) >= 11 is 8.47. The molecule has 2 aromatic rings. The van der Waals surface area contributed by atoms with E-state index in [9.17, 15) is 4.79 Å². The van der Waals surface area contributed by atoms with Gasteiger partial charge >= 0.3 is 0 Å². The lowest BCUT2D eigenvalue weighted by Crippen LogP contribution is -2.24. The van der Waals surface area contributed by atoms with Crippen LogP contribution in [0, 0.1) is 3.57 Å². The Morgan fingerprint density at radius 1 is 1.55 bits per heavy atom. The van der Waals surface area contributed by atoms with Gasteiger partial charge in [0.1, 0.15) is 5.82 Å². The minimum Gasteiger partial charge on any atom is -0.356 e. The number of aryl methyl sites for hydroxylation is 1. The smallest absolute Gasteiger partial charge is 0.221 e. The van der Waals surface area contributed by atoms with E-state index >= 15 is 0 Å². The first-order chi connectivity index (χ1) is 9.52. The summed E-state index contributed by atoms with van der Waals surface area (Å²) in [5.74, 6) is 0.862. The molecule has 1 unspecified atom stereocenters. The molecule has 2 rings (SSSR count). The summed E-state index contributed by atoms with van der Waals surface area (Å²) in [6.45, 7) is 5.06. The van der Waals surface area contributed by atoms with E-state index in [2.05, 4.69) is 32.9 Å². The molecular weight excluding hydrogens is 389 g/mol. The fourth-order valence-electron chi connectivity index (χ4n) is 2.16. The van der Waals surface area contributed by atoms with Gasteiger partial charge in [-0.25, -0.2) is 4.98 Å². The maximum absolute atomic E-state index is 11.6. The van der Waals surface area contributed by atoms with E-state index in [1.54, 1.807) is 0 Å². The highest BCUT2D eigenvalue weighted by atomic mass is 127. The molecule has 1 aromatic heterocycles. The minimum atomic E-state index is -0.186. The molecule has 4 nitrogen and oxygen atoms in total. The summed E-state index contributed by atoms with van der Waals surface area (Å²) in [7, 11) is 0. The van der Waals surface area contributed by atoms with Gasteiger partial charge in [0, 0.05) is 23.1 Å². The number of alkyl halides is 1. The number of aromatic nitrogens is 2. The highest BCUT2D eigenvalue weighted by Gasteiger charge is 2.15. The molecule has 0 aliphatic carbocycles. The number of nitrogens with one attached hydrogen (secondary N) is 1. The number of carbonyl (C=O) groups excluding carboxylic acids is 1. The second-order valence-corrected chi connectivity index (χ2v) is 6.47. The Hall–Kier alpha value is -0.820. The van der Waals surface area contributed by atoms with Crippen LogP contribution in [0.2, 0.25) is 0 Å². The largest absolute Gasteiger partial charge is 0.356 e. The van der Waals surface area contributed by atoms with Gasteiger partial charge < -0.3 is 9.88 Å². The molecule has 1 N–H and O–H groups in total. The van der Waals surface area contributed by atoms with Crippen molar-refractivity contribution in [2.75, 3.05) is 6.54 Å². The van der Waals surface area contributed by atoms with Crippen molar-refractivity contribution in [3.63, 3.8) is 0 Å².